The molecule has 2 aromatic rings. The van der Waals surface area contributed by atoms with Gasteiger partial charge in [-0.3, -0.25) is 4.79 Å². The third-order valence-corrected chi connectivity index (χ3v) is 6.35. The lowest BCUT2D eigenvalue weighted by atomic mass is 9.89. The first-order chi connectivity index (χ1) is 14.8. The third kappa shape index (κ3) is 6.16. The molecule has 6 heteroatoms. The van der Waals surface area contributed by atoms with Crippen LogP contribution in [0.1, 0.15) is 71.4 Å². The van der Waals surface area contributed by atoms with Gasteiger partial charge in [-0.1, -0.05) is 40.0 Å². The van der Waals surface area contributed by atoms with Gasteiger partial charge in [-0.2, -0.15) is 0 Å². The lowest BCUT2D eigenvalue weighted by Crippen LogP contribution is -2.36. The molecule has 1 aromatic heterocycles. The van der Waals surface area contributed by atoms with Crippen molar-refractivity contribution in [3.63, 3.8) is 0 Å². The van der Waals surface area contributed by atoms with Gasteiger partial charge in [0.15, 0.2) is 0 Å². The Bertz CT molecular complexity index is 931. The molecule has 0 aliphatic heterocycles. The molecule has 1 aliphatic rings. The van der Waals surface area contributed by atoms with Crippen molar-refractivity contribution in [2.75, 3.05) is 7.11 Å². The number of aldehydes is 1. The average molecular weight is 429 g/mol. The van der Waals surface area contributed by atoms with Crippen LogP contribution in [0.15, 0.2) is 23.0 Å². The number of methoxy groups -OCH3 is 1. The van der Waals surface area contributed by atoms with E-state index >= 15 is 0 Å². The fourth-order valence-electron chi connectivity index (χ4n) is 4.42. The monoisotopic (exact) mass is 428 g/mol. The quantitative estimate of drug-likeness (QED) is 0.433. The molecule has 0 saturated heterocycles. The van der Waals surface area contributed by atoms with Gasteiger partial charge in [0.05, 0.1) is 24.2 Å². The van der Waals surface area contributed by atoms with Gasteiger partial charge in [0.2, 0.25) is 0 Å². The number of H-pyrrole nitrogens is 1. The van der Waals surface area contributed by atoms with Crippen LogP contribution in [0, 0.1) is 11.3 Å². The van der Waals surface area contributed by atoms with E-state index in [0.29, 0.717) is 29.3 Å². The van der Waals surface area contributed by atoms with Crippen LogP contribution in [-0.2, 0) is 16.0 Å². The first-order valence-electron chi connectivity index (χ1n) is 11.5. The largest absolute Gasteiger partial charge is 0.497 e. The van der Waals surface area contributed by atoms with Gasteiger partial charge in [-0.15, -0.1) is 0 Å². The molecule has 3 rings (SSSR count). The van der Waals surface area contributed by atoms with Crippen molar-refractivity contribution in [2.24, 2.45) is 11.3 Å². The minimum Gasteiger partial charge on any atom is -0.497 e. The second-order valence-corrected chi connectivity index (χ2v) is 9.78. The van der Waals surface area contributed by atoms with Gasteiger partial charge < -0.3 is 19.3 Å². The summed E-state index contributed by atoms with van der Waals surface area (Å²) in [6.07, 6.45) is 9.10. The van der Waals surface area contributed by atoms with Crippen LogP contribution in [0.25, 0.3) is 11.0 Å². The molecule has 6 nitrogen and oxygen atoms in total. The number of carbonyl (C=O) groups is 1. The summed E-state index contributed by atoms with van der Waals surface area (Å²) < 4.78 is 11.4. The number of carbonyl (C=O) groups excluding carboxylic acids is 1. The summed E-state index contributed by atoms with van der Waals surface area (Å²) in [7, 11) is 1.60. The highest BCUT2D eigenvalue weighted by Crippen LogP contribution is 2.35. The predicted octanol–water partition coefficient (Wildman–Crippen LogP) is 4.83. The molecule has 0 radical (unpaired) electrons. The molecule has 1 aliphatic carbocycles. The van der Waals surface area contributed by atoms with Gasteiger partial charge in [0.1, 0.15) is 23.8 Å². The Morgan fingerprint density at radius 3 is 2.74 bits per heavy atom. The van der Waals surface area contributed by atoms with Crippen molar-refractivity contribution in [1.29, 1.82) is 0 Å². The van der Waals surface area contributed by atoms with E-state index in [-0.39, 0.29) is 23.2 Å². The summed E-state index contributed by atoms with van der Waals surface area (Å²) >= 11 is 0. The van der Waals surface area contributed by atoms with Crippen LogP contribution in [0.5, 0.6) is 5.75 Å². The first-order valence-corrected chi connectivity index (χ1v) is 11.5. The van der Waals surface area contributed by atoms with Crippen LogP contribution in [0.2, 0.25) is 0 Å². The maximum absolute atomic E-state index is 12.4. The van der Waals surface area contributed by atoms with Crippen LogP contribution in [-0.4, -0.2) is 35.6 Å². The molecule has 0 bridgehead atoms. The minimum absolute atomic E-state index is 0.118. The molecule has 3 atom stereocenters. The zero-order chi connectivity index (χ0) is 22.4. The summed E-state index contributed by atoms with van der Waals surface area (Å²) in [5.74, 6) is 1.23. The maximum Gasteiger partial charge on any atom is 0.270 e. The Hall–Kier alpha value is -2.21. The van der Waals surface area contributed by atoms with Crippen molar-refractivity contribution in [3.05, 3.63) is 34.2 Å². The van der Waals surface area contributed by atoms with E-state index in [4.69, 9.17) is 9.47 Å². The van der Waals surface area contributed by atoms with E-state index in [1.807, 2.05) is 12.1 Å². The van der Waals surface area contributed by atoms with Gasteiger partial charge in [-0.25, -0.2) is 4.98 Å². The van der Waals surface area contributed by atoms with Gasteiger partial charge >= 0.3 is 0 Å². The number of fused-ring (bicyclic) bond motifs is 1. The first kappa shape index (κ1) is 23.5. The highest BCUT2D eigenvalue weighted by atomic mass is 16.5. The fraction of sp³-hybridized carbons (Fsp3) is 0.640. The molecule has 0 spiro atoms. The van der Waals surface area contributed by atoms with Crippen molar-refractivity contribution < 1.29 is 14.3 Å². The van der Waals surface area contributed by atoms with Crippen molar-refractivity contribution in [3.8, 4) is 5.75 Å². The summed E-state index contributed by atoms with van der Waals surface area (Å²) in [5, 5.41) is 0. The van der Waals surface area contributed by atoms with Crippen molar-refractivity contribution >= 4 is 17.3 Å². The lowest BCUT2D eigenvalue weighted by Gasteiger charge is -2.31. The number of nitrogens with one attached hydrogen (secondary N) is 1. The topological polar surface area (TPSA) is 81.3 Å². The molecular weight excluding hydrogens is 392 g/mol. The Morgan fingerprint density at radius 2 is 2.03 bits per heavy atom. The standard InChI is InChI=1S/C25H36N2O4/c1-25(2,3)23(16-28)31-22-12-8-10-17(22)9-6-5-7-11-20-24(29)27-21-15-18(30-4)13-14-19(21)26-20/h13-17,22-23H,5-12H2,1-4H3,(H,27,29)/t17?,22-,23-/m1/s1. The molecule has 1 unspecified atom stereocenters. The fourth-order valence-corrected chi connectivity index (χ4v) is 4.42. The SMILES string of the molecule is COc1ccc2nc(CCCCCC3CCC[C@H]3O[C@H](C=O)C(C)(C)C)c(=O)[nH]c2c1. The van der Waals surface area contributed by atoms with Crippen LogP contribution < -0.4 is 10.3 Å². The summed E-state index contributed by atoms with van der Waals surface area (Å²) in [4.78, 5) is 31.3. The maximum atomic E-state index is 12.4. The molecule has 1 saturated carbocycles. The molecule has 31 heavy (non-hydrogen) atoms. The number of aryl methyl sites for hydroxylation is 1. The van der Waals surface area contributed by atoms with E-state index in [2.05, 4.69) is 30.7 Å². The molecule has 1 N–H and O–H groups in total. The number of aromatic nitrogens is 2. The molecular formula is C25H36N2O4. The number of unbranched alkanes of at least 4 members (excludes halogenated alkanes) is 2. The average Bonchev–Trinajstić information content (AvgIpc) is 3.17. The van der Waals surface area contributed by atoms with Crippen molar-refractivity contribution in [2.45, 2.75) is 84.3 Å². The number of hydrogen-bond donors (Lipinski definition) is 1. The molecule has 170 valence electrons. The highest BCUT2D eigenvalue weighted by Gasteiger charge is 2.33. The van der Waals surface area contributed by atoms with E-state index in [1.165, 1.54) is 12.8 Å². The second-order valence-electron chi connectivity index (χ2n) is 9.78. The van der Waals surface area contributed by atoms with E-state index in [1.54, 1.807) is 13.2 Å². The molecule has 1 fully saturated rings. The summed E-state index contributed by atoms with van der Waals surface area (Å²) in [5.41, 5.74) is 1.79. The van der Waals surface area contributed by atoms with E-state index < -0.39 is 0 Å². The number of ether oxygens (including phenoxy) is 2. The summed E-state index contributed by atoms with van der Waals surface area (Å²) in [6, 6.07) is 5.52. The molecule has 0 amide bonds. The zero-order valence-electron chi connectivity index (χ0n) is 19.3. The Morgan fingerprint density at radius 1 is 1.23 bits per heavy atom. The van der Waals surface area contributed by atoms with Crippen LogP contribution >= 0.6 is 0 Å². The van der Waals surface area contributed by atoms with Crippen molar-refractivity contribution in [1.82, 2.24) is 9.97 Å². The third-order valence-electron chi connectivity index (χ3n) is 6.35. The Labute approximate surface area is 184 Å². The summed E-state index contributed by atoms with van der Waals surface area (Å²) in [6.45, 7) is 6.15. The van der Waals surface area contributed by atoms with E-state index in [0.717, 1.165) is 43.9 Å². The van der Waals surface area contributed by atoms with Gasteiger partial charge in [-0.05, 0) is 55.6 Å². The number of rotatable bonds is 10. The normalized spacial score (nSPS) is 20.1. The number of hydrogen-bond acceptors (Lipinski definition) is 5. The Balaban J connectivity index is 1.47. The lowest BCUT2D eigenvalue weighted by molar-refractivity contribution is -0.133. The number of aromatic amines is 1. The van der Waals surface area contributed by atoms with E-state index in [9.17, 15) is 9.59 Å². The second kappa shape index (κ2) is 10.4. The van der Waals surface area contributed by atoms with Gasteiger partial charge in [0.25, 0.3) is 5.56 Å². The highest BCUT2D eigenvalue weighted by molar-refractivity contribution is 5.75. The predicted molar refractivity (Wildman–Crippen MR) is 123 cm³/mol. The minimum atomic E-state index is -0.344. The van der Waals surface area contributed by atoms with Crippen LogP contribution in [0.3, 0.4) is 0 Å². The molecule has 1 heterocycles. The number of nitrogens with zero attached hydrogens (tertiary/aromatic N) is 1. The van der Waals surface area contributed by atoms with Gasteiger partial charge in [0, 0.05) is 6.07 Å². The van der Waals surface area contributed by atoms with Crippen LogP contribution in [0.4, 0.5) is 0 Å². The smallest absolute Gasteiger partial charge is 0.270 e. The number of benzene rings is 1. The zero-order valence-corrected chi connectivity index (χ0v) is 19.3. The Kier molecular flexibility index (Phi) is 7.87. The molecule has 1 aromatic carbocycles.